The van der Waals surface area contributed by atoms with E-state index in [0.29, 0.717) is 35.8 Å². The van der Waals surface area contributed by atoms with Crippen LogP contribution in [0.4, 0.5) is 17.3 Å². The molecule has 4 aromatic rings. The third-order valence-corrected chi connectivity index (χ3v) is 7.20. The standard InChI is InChI=1S/C27H29N5O3S/c1-4-35-25-12-18(36-5-2)14-28-27(25)30-26-19-8-6-16(10-24(19)31-32-26)20-13-21(20)22-11-17(34-3)7-9-23(22)29-15-33/h6-12,14-15,20-21H,4-5,13H2,1-3H3,(H,29,33)(H2,28,30,31,32). The fraction of sp³-hybridized carbons (Fsp3) is 0.296. The number of rotatable bonds is 11. The summed E-state index contributed by atoms with van der Waals surface area (Å²) in [5.74, 6) is 4.50. The van der Waals surface area contributed by atoms with Gasteiger partial charge in [-0.25, -0.2) is 4.98 Å². The molecule has 2 atom stereocenters. The topological polar surface area (TPSA) is 101 Å². The summed E-state index contributed by atoms with van der Waals surface area (Å²) >= 11 is 1.73. The Balaban J connectivity index is 1.38. The fourth-order valence-corrected chi connectivity index (χ4v) is 5.23. The molecule has 8 nitrogen and oxygen atoms in total. The summed E-state index contributed by atoms with van der Waals surface area (Å²) in [7, 11) is 1.65. The molecule has 1 aliphatic rings. The monoisotopic (exact) mass is 503 g/mol. The molecule has 2 heterocycles. The molecule has 1 fully saturated rings. The normalized spacial score (nSPS) is 16.5. The number of anilines is 3. The Kier molecular flexibility index (Phi) is 6.99. The van der Waals surface area contributed by atoms with Crippen LogP contribution in [-0.2, 0) is 4.79 Å². The Bertz CT molecular complexity index is 1390. The third kappa shape index (κ3) is 4.83. The van der Waals surface area contributed by atoms with Gasteiger partial charge in [0.15, 0.2) is 17.4 Å². The minimum Gasteiger partial charge on any atom is -0.497 e. The number of methoxy groups -OCH3 is 1. The summed E-state index contributed by atoms with van der Waals surface area (Å²) in [5.41, 5.74) is 4.11. The number of pyridine rings is 1. The maximum absolute atomic E-state index is 11.1. The number of ether oxygens (including phenoxy) is 2. The summed E-state index contributed by atoms with van der Waals surface area (Å²) < 4.78 is 11.2. The van der Waals surface area contributed by atoms with E-state index in [-0.39, 0.29) is 0 Å². The van der Waals surface area contributed by atoms with E-state index in [9.17, 15) is 4.79 Å². The van der Waals surface area contributed by atoms with Gasteiger partial charge in [-0.2, -0.15) is 5.10 Å². The van der Waals surface area contributed by atoms with Crippen molar-refractivity contribution in [2.75, 3.05) is 30.1 Å². The fourth-order valence-electron chi connectivity index (χ4n) is 4.58. The maximum atomic E-state index is 11.1. The van der Waals surface area contributed by atoms with Gasteiger partial charge in [0.05, 0.1) is 19.2 Å². The number of aromatic amines is 1. The predicted molar refractivity (Wildman–Crippen MR) is 144 cm³/mol. The number of benzene rings is 2. The van der Waals surface area contributed by atoms with Crippen LogP contribution >= 0.6 is 11.8 Å². The van der Waals surface area contributed by atoms with Gasteiger partial charge in [-0.1, -0.05) is 13.0 Å². The molecular weight excluding hydrogens is 474 g/mol. The van der Waals surface area contributed by atoms with Crippen LogP contribution < -0.4 is 20.1 Å². The summed E-state index contributed by atoms with van der Waals surface area (Å²) in [4.78, 5) is 16.7. The summed E-state index contributed by atoms with van der Waals surface area (Å²) in [5, 5.41) is 14.8. The van der Waals surface area contributed by atoms with E-state index in [1.54, 1.807) is 18.9 Å². The van der Waals surface area contributed by atoms with Gasteiger partial charge in [0, 0.05) is 22.2 Å². The van der Waals surface area contributed by atoms with Crippen molar-refractivity contribution >= 4 is 46.4 Å². The smallest absolute Gasteiger partial charge is 0.211 e. The number of hydrogen-bond donors (Lipinski definition) is 3. The van der Waals surface area contributed by atoms with Gasteiger partial charge in [-0.3, -0.25) is 9.89 Å². The van der Waals surface area contributed by atoms with Gasteiger partial charge < -0.3 is 20.1 Å². The molecule has 2 aromatic heterocycles. The average Bonchev–Trinajstić information content (AvgIpc) is 3.60. The van der Waals surface area contributed by atoms with Crippen molar-refractivity contribution in [3.63, 3.8) is 0 Å². The van der Waals surface area contributed by atoms with Crippen LogP contribution in [0.5, 0.6) is 11.5 Å². The van der Waals surface area contributed by atoms with Gasteiger partial charge >= 0.3 is 0 Å². The summed E-state index contributed by atoms with van der Waals surface area (Å²) in [6.45, 7) is 4.63. The molecule has 2 unspecified atom stereocenters. The van der Waals surface area contributed by atoms with Crippen molar-refractivity contribution < 1.29 is 14.3 Å². The second-order valence-corrected chi connectivity index (χ2v) is 9.89. The molecule has 3 N–H and O–H groups in total. The first-order valence-corrected chi connectivity index (χ1v) is 13.0. The lowest BCUT2D eigenvalue weighted by Crippen LogP contribution is -2.01. The molecule has 0 radical (unpaired) electrons. The van der Waals surface area contributed by atoms with Crippen LogP contribution in [0.2, 0.25) is 0 Å². The van der Waals surface area contributed by atoms with Gasteiger partial charge in [-0.15, -0.1) is 11.8 Å². The van der Waals surface area contributed by atoms with Crippen LogP contribution in [0.1, 0.15) is 43.2 Å². The Hall–Kier alpha value is -3.72. The Labute approximate surface area is 214 Å². The number of nitrogens with one attached hydrogen (secondary N) is 3. The van der Waals surface area contributed by atoms with E-state index < -0.39 is 0 Å². The highest BCUT2D eigenvalue weighted by Crippen LogP contribution is 2.57. The molecule has 0 aliphatic heterocycles. The van der Waals surface area contributed by atoms with E-state index in [2.05, 4.69) is 50.9 Å². The number of aromatic nitrogens is 3. The largest absolute Gasteiger partial charge is 0.497 e. The number of fused-ring (bicyclic) bond motifs is 1. The van der Waals surface area contributed by atoms with E-state index >= 15 is 0 Å². The molecule has 1 saturated carbocycles. The Morgan fingerprint density at radius 1 is 1.14 bits per heavy atom. The quantitative estimate of drug-likeness (QED) is 0.169. The molecule has 0 spiro atoms. The van der Waals surface area contributed by atoms with Crippen molar-refractivity contribution in [1.82, 2.24) is 15.2 Å². The molecule has 9 heteroatoms. The predicted octanol–water partition coefficient (Wildman–Crippen LogP) is 6.06. The lowest BCUT2D eigenvalue weighted by Gasteiger charge is -2.12. The first kappa shape index (κ1) is 24.0. The molecule has 5 rings (SSSR count). The zero-order chi connectivity index (χ0) is 25.1. The third-order valence-electron chi connectivity index (χ3n) is 6.35. The minimum atomic E-state index is 0.318. The number of H-pyrrole nitrogens is 1. The number of nitrogens with zero attached hydrogens (tertiary/aromatic N) is 2. The second-order valence-electron chi connectivity index (χ2n) is 8.55. The zero-order valence-electron chi connectivity index (χ0n) is 20.5. The summed E-state index contributed by atoms with van der Waals surface area (Å²) in [6, 6.07) is 14.2. The molecule has 0 bridgehead atoms. The average molecular weight is 504 g/mol. The van der Waals surface area contributed by atoms with Crippen LogP contribution in [-0.4, -0.2) is 41.1 Å². The lowest BCUT2D eigenvalue weighted by atomic mass is 10.0. The number of amides is 1. The maximum Gasteiger partial charge on any atom is 0.211 e. The van der Waals surface area contributed by atoms with Gasteiger partial charge in [0.2, 0.25) is 6.41 Å². The zero-order valence-corrected chi connectivity index (χ0v) is 21.3. The van der Waals surface area contributed by atoms with Crippen molar-refractivity contribution in [1.29, 1.82) is 0 Å². The highest BCUT2D eigenvalue weighted by Gasteiger charge is 2.41. The number of thioether (sulfide) groups is 1. The van der Waals surface area contributed by atoms with E-state index in [1.165, 1.54) is 5.56 Å². The molecule has 1 aliphatic carbocycles. The molecule has 2 aromatic carbocycles. The van der Waals surface area contributed by atoms with E-state index in [0.717, 1.165) is 51.4 Å². The van der Waals surface area contributed by atoms with Crippen molar-refractivity contribution in [2.45, 2.75) is 37.0 Å². The first-order valence-electron chi connectivity index (χ1n) is 12.0. The first-order chi connectivity index (χ1) is 17.6. The molecule has 36 heavy (non-hydrogen) atoms. The SMILES string of the molecule is CCOc1cc(SCC)cnc1Nc1n[nH]c2cc(C3CC3c3cc(OC)ccc3NC=O)ccc12. The minimum absolute atomic E-state index is 0.318. The summed E-state index contributed by atoms with van der Waals surface area (Å²) in [6.07, 6.45) is 3.58. The van der Waals surface area contributed by atoms with Crippen LogP contribution in [0, 0.1) is 0 Å². The Morgan fingerprint density at radius 3 is 2.81 bits per heavy atom. The van der Waals surface area contributed by atoms with Gasteiger partial charge in [0.25, 0.3) is 0 Å². The Morgan fingerprint density at radius 2 is 2.03 bits per heavy atom. The second kappa shape index (κ2) is 10.5. The van der Waals surface area contributed by atoms with Crippen LogP contribution in [0.3, 0.4) is 0 Å². The van der Waals surface area contributed by atoms with Gasteiger partial charge in [-0.05, 0) is 78.5 Å². The van der Waals surface area contributed by atoms with Crippen LogP contribution in [0.25, 0.3) is 10.9 Å². The molecular formula is C27H29N5O3S. The van der Waals surface area contributed by atoms with E-state index in [4.69, 9.17) is 9.47 Å². The molecule has 0 saturated heterocycles. The molecule has 1 amide bonds. The molecule has 186 valence electrons. The highest BCUT2D eigenvalue weighted by atomic mass is 32.2. The lowest BCUT2D eigenvalue weighted by molar-refractivity contribution is -0.105. The van der Waals surface area contributed by atoms with E-state index in [1.807, 2.05) is 37.4 Å². The number of hydrogen-bond acceptors (Lipinski definition) is 7. The number of carbonyl (C=O) groups excluding carboxylic acids is 1. The van der Waals surface area contributed by atoms with Crippen LogP contribution in [0.15, 0.2) is 53.6 Å². The number of carbonyl (C=O) groups is 1. The highest BCUT2D eigenvalue weighted by molar-refractivity contribution is 7.99. The van der Waals surface area contributed by atoms with Gasteiger partial charge in [0.1, 0.15) is 5.75 Å². The van der Waals surface area contributed by atoms with Crippen molar-refractivity contribution in [2.24, 2.45) is 0 Å². The van der Waals surface area contributed by atoms with Crippen molar-refractivity contribution in [3.8, 4) is 11.5 Å². The van der Waals surface area contributed by atoms with Crippen molar-refractivity contribution in [3.05, 3.63) is 59.8 Å².